The van der Waals surface area contributed by atoms with Crippen LogP contribution < -0.4 is 4.74 Å². The smallest absolute Gasteiger partial charge is 0.356 e. The van der Waals surface area contributed by atoms with Crippen LogP contribution in [0.2, 0.25) is 0 Å². The van der Waals surface area contributed by atoms with Gasteiger partial charge in [0, 0.05) is 5.39 Å². The average molecular weight is 450 g/mol. The van der Waals surface area contributed by atoms with Crippen LogP contribution in [0.25, 0.3) is 10.8 Å². The van der Waals surface area contributed by atoms with E-state index in [4.69, 9.17) is 14.5 Å². The van der Waals surface area contributed by atoms with Crippen molar-refractivity contribution in [3.05, 3.63) is 106 Å². The van der Waals surface area contributed by atoms with Crippen molar-refractivity contribution in [3.8, 4) is 5.75 Å². The van der Waals surface area contributed by atoms with Crippen molar-refractivity contribution in [2.75, 3.05) is 13.7 Å². The molecule has 0 saturated heterocycles. The van der Waals surface area contributed by atoms with Crippen LogP contribution in [0.1, 0.15) is 58.2 Å². The van der Waals surface area contributed by atoms with Crippen molar-refractivity contribution < 1.29 is 14.3 Å². The third kappa shape index (κ3) is 2.71. The number of rotatable bonds is 4. The summed E-state index contributed by atoms with van der Waals surface area (Å²) < 4.78 is 11.0. The lowest BCUT2D eigenvalue weighted by Crippen LogP contribution is -2.40. The van der Waals surface area contributed by atoms with Crippen LogP contribution in [0.3, 0.4) is 0 Å². The lowest BCUT2D eigenvalue weighted by Gasteiger charge is -2.43. The third-order valence-corrected chi connectivity index (χ3v) is 7.78. The van der Waals surface area contributed by atoms with E-state index in [0.29, 0.717) is 18.2 Å². The number of fused-ring (bicyclic) bond motifs is 4. The zero-order valence-corrected chi connectivity index (χ0v) is 19.7. The summed E-state index contributed by atoms with van der Waals surface area (Å²) in [6.45, 7) is 4.45. The minimum absolute atomic E-state index is 0.264. The minimum atomic E-state index is -0.445. The van der Waals surface area contributed by atoms with E-state index in [1.807, 2.05) is 19.1 Å². The van der Waals surface area contributed by atoms with Gasteiger partial charge in [-0.25, -0.2) is 9.78 Å². The van der Waals surface area contributed by atoms with Crippen molar-refractivity contribution in [3.63, 3.8) is 0 Å². The second-order valence-corrected chi connectivity index (χ2v) is 9.32. The van der Waals surface area contributed by atoms with E-state index in [2.05, 4.69) is 67.6 Å². The van der Waals surface area contributed by atoms with Crippen molar-refractivity contribution in [1.29, 1.82) is 0 Å². The molecule has 0 aliphatic heterocycles. The number of carbonyl (C=O) groups excluding carboxylic acids is 1. The number of nitrogens with zero attached hydrogens (tertiary/aromatic N) is 1. The number of hydrogen-bond acceptors (Lipinski definition) is 4. The van der Waals surface area contributed by atoms with Gasteiger partial charge < -0.3 is 9.47 Å². The first-order valence-electron chi connectivity index (χ1n) is 11.9. The lowest BCUT2D eigenvalue weighted by molar-refractivity contribution is 0.0519. The Morgan fingerprint density at radius 3 is 2.59 bits per heavy atom. The Kier molecular flexibility index (Phi) is 4.73. The van der Waals surface area contributed by atoms with Crippen LogP contribution in [0.5, 0.6) is 5.75 Å². The van der Waals surface area contributed by atoms with Gasteiger partial charge in [0.15, 0.2) is 0 Å². The molecule has 0 bridgehead atoms. The summed E-state index contributed by atoms with van der Waals surface area (Å²) in [4.78, 5) is 18.1. The molecule has 0 radical (unpaired) electrons. The highest BCUT2D eigenvalue weighted by atomic mass is 16.5. The molecular weight excluding hydrogens is 422 g/mol. The predicted molar refractivity (Wildman–Crippen MR) is 133 cm³/mol. The van der Waals surface area contributed by atoms with Gasteiger partial charge in [0.1, 0.15) is 11.4 Å². The molecular formula is C30H27NO3. The largest absolute Gasteiger partial charge is 0.497 e. The van der Waals surface area contributed by atoms with E-state index in [1.165, 1.54) is 22.3 Å². The predicted octanol–water partition coefficient (Wildman–Crippen LogP) is 6.04. The van der Waals surface area contributed by atoms with Crippen LogP contribution >= 0.6 is 0 Å². The van der Waals surface area contributed by atoms with Crippen LogP contribution in [0.15, 0.2) is 72.8 Å². The fourth-order valence-corrected chi connectivity index (χ4v) is 6.45. The molecule has 170 valence electrons. The molecule has 6 rings (SSSR count). The summed E-state index contributed by atoms with van der Waals surface area (Å²) in [5.41, 5.74) is 5.93. The summed E-state index contributed by atoms with van der Waals surface area (Å²) >= 11 is 0. The van der Waals surface area contributed by atoms with E-state index < -0.39 is 11.4 Å². The molecule has 2 aliphatic carbocycles. The number of carbonyl (C=O) groups is 1. The molecule has 1 heterocycles. The van der Waals surface area contributed by atoms with Gasteiger partial charge in [-0.2, -0.15) is 0 Å². The number of aromatic nitrogens is 1. The van der Waals surface area contributed by atoms with Crippen LogP contribution in [0.4, 0.5) is 0 Å². The summed E-state index contributed by atoms with van der Waals surface area (Å²) in [5.74, 6) is 0.999. The number of hydrogen-bond donors (Lipinski definition) is 0. The molecule has 0 saturated carbocycles. The SMILES string of the molecule is CCOC(=O)c1cc2cc(OC)cc3c2c(n1)[C@@]1(c2ccccc2)c2ccccc2[C@H](C)[C@H]1C3. The van der Waals surface area contributed by atoms with Gasteiger partial charge in [0.2, 0.25) is 0 Å². The molecule has 4 aromatic rings. The molecule has 4 heteroatoms. The summed E-state index contributed by atoms with van der Waals surface area (Å²) in [5, 5.41) is 2.09. The molecule has 34 heavy (non-hydrogen) atoms. The first-order valence-corrected chi connectivity index (χ1v) is 11.9. The topological polar surface area (TPSA) is 48.4 Å². The van der Waals surface area contributed by atoms with Crippen LogP contribution in [-0.2, 0) is 16.6 Å². The van der Waals surface area contributed by atoms with Gasteiger partial charge in [-0.15, -0.1) is 0 Å². The lowest BCUT2D eigenvalue weighted by atomic mass is 9.60. The monoisotopic (exact) mass is 449 g/mol. The Labute approximate surface area is 199 Å². The highest BCUT2D eigenvalue weighted by Gasteiger charge is 2.56. The maximum Gasteiger partial charge on any atom is 0.356 e. The van der Waals surface area contributed by atoms with Gasteiger partial charge >= 0.3 is 5.97 Å². The van der Waals surface area contributed by atoms with Crippen LogP contribution in [0, 0.1) is 5.92 Å². The highest BCUT2D eigenvalue weighted by molar-refractivity contribution is 5.98. The van der Waals surface area contributed by atoms with Gasteiger partial charge in [0.25, 0.3) is 0 Å². The fraction of sp³-hybridized carbons (Fsp3) is 0.267. The standard InChI is InChI=1S/C30H27NO3/c1-4-34-29(32)26-17-20-15-22(33-3)14-19-16-25-18(2)23-12-8-9-13-24(23)30(25,28(31-26)27(19)20)21-10-6-5-7-11-21/h5-15,17-18,25H,4,16H2,1-3H3/t18-,25+,30-/m0/s1. The van der Waals surface area contributed by atoms with Crippen molar-refractivity contribution in [2.45, 2.75) is 31.6 Å². The molecule has 2 aliphatic rings. The quantitative estimate of drug-likeness (QED) is 0.356. The molecule has 1 aromatic heterocycles. The maximum absolute atomic E-state index is 12.9. The molecule has 0 N–H and O–H groups in total. The highest BCUT2D eigenvalue weighted by Crippen LogP contribution is 2.61. The zero-order chi connectivity index (χ0) is 23.4. The number of pyridine rings is 1. The van der Waals surface area contributed by atoms with E-state index >= 15 is 0 Å². The molecule has 3 atom stereocenters. The Bertz CT molecular complexity index is 1430. The number of esters is 1. The average Bonchev–Trinajstić information content (AvgIpc) is 3.13. The third-order valence-electron chi connectivity index (χ3n) is 7.78. The molecule has 0 unspecified atom stereocenters. The van der Waals surface area contributed by atoms with Crippen molar-refractivity contribution >= 4 is 16.7 Å². The number of methoxy groups -OCH3 is 1. The fourth-order valence-electron chi connectivity index (χ4n) is 6.45. The molecule has 0 fully saturated rings. The molecule has 0 spiro atoms. The zero-order valence-electron chi connectivity index (χ0n) is 19.7. The second kappa shape index (κ2) is 7.69. The van der Waals surface area contributed by atoms with E-state index in [9.17, 15) is 4.79 Å². The Morgan fingerprint density at radius 2 is 1.82 bits per heavy atom. The summed E-state index contributed by atoms with van der Waals surface area (Å²) in [7, 11) is 1.69. The molecule has 3 aromatic carbocycles. The van der Waals surface area contributed by atoms with Crippen molar-refractivity contribution in [2.24, 2.45) is 5.92 Å². The first-order chi connectivity index (χ1) is 16.6. The van der Waals surface area contributed by atoms with Crippen LogP contribution in [-0.4, -0.2) is 24.7 Å². The normalized spacial score (nSPS) is 22.2. The van der Waals surface area contributed by atoms with Gasteiger partial charge in [-0.1, -0.05) is 61.5 Å². The van der Waals surface area contributed by atoms with Gasteiger partial charge in [-0.05, 0) is 71.0 Å². The van der Waals surface area contributed by atoms with Crippen molar-refractivity contribution in [1.82, 2.24) is 4.98 Å². The Hall–Kier alpha value is -3.66. The molecule has 4 nitrogen and oxygen atoms in total. The second-order valence-electron chi connectivity index (χ2n) is 9.32. The maximum atomic E-state index is 12.9. The molecule has 0 amide bonds. The summed E-state index contributed by atoms with van der Waals surface area (Å²) in [6.07, 6.45) is 0.909. The summed E-state index contributed by atoms with van der Waals surface area (Å²) in [6, 6.07) is 25.4. The Balaban J connectivity index is 1.78. The van der Waals surface area contributed by atoms with Gasteiger partial charge in [0.05, 0.1) is 24.8 Å². The van der Waals surface area contributed by atoms with Gasteiger partial charge in [-0.3, -0.25) is 0 Å². The van der Waals surface area contributed by atoms with E-state index in [-0.39, 0.29) is 5.92 Å². The first kappa shape index (κ1) is 20.9. The minimum Gasteiger partial charge on any atom is -0.497 e. The van der Waals surface area contributed by atoms with E-state index in [1.54, 1.807) is 7.11 Å². The number of ether oxygens (including phenoxy) is 2. The number of benzene rings is 3. The van der Waals surface area contributed by atoms with E-state index in [0.717, 1.165) is 28.6 Å². The Morgan fingerprint density at radius 1 is 1.06 bits per heavy atom.